The monoisotopic (exact) mass is 328 g/mol. The van der Waals surface area contributed by atoms with Crippen LogP contribution in [-0.4, -0.2) is 29.3 Å². The maximum Gasteiger partial charge on any atom is 0.243 e. The Labute approximate surface area is 134 Å². The molecule has 1 N–H and O–H groups in total. The normalized spacial score (nSPS) is 20.7. The summed E-state index contributed by atoms with van der Waals surface area (Å²) in [7, 11) is 0. The maximum absolute atomic E-state index is 12.3. The Bertz CT molecular complexity index is 575. The topological polar surface area (TPSA) is 49.4 Å². The molecule has 1 aliphatic heterocycles. The molecule has 2 atom stereocenters. The van der Waals surface area contributed by atoms with Crippen LogP contribution in [0.4, 0.5) is 0 Å². The van der Waals surface area contributed by atoms with Crippen molar-refractivity contribution < 1.29 is 9.59 Å². The van der Waals surface area contributed by atoms with Gasteiger partial charge in [0.25, 0.3) is 0 Å². The Morgan fingerprint density at radius 3 is 2.48 bits per heavy atom. The molecule has 4 nitrogen and oxygen atoms in total. The number of rotatable bonds is 3. The van der Waals surface area contributed by atoms with Crippen molar-refractivity contribution in [3.05, 3.63) is 33.8 Å². The molecule has 0 aromatic heterocycles. The lowest BCUT2D eigenvalue weighted by atomic mass is 9.95. The lowest BCUT2D eigenvalue weighted by molar-refractivity contribution is -0.150. The van der Waals surface area contributed by atoms with Crippen molar-refractivity contribution in [2.75, 3.05) is 6.54 Å². The molecule has 1 fully saturated rings. The highest BCUT2D eigenvalue weighted by Crippen LogP contribution is 2.33. The van der Waals surface area contributed by atoms with E-state index in [2.05, 4.69) is 5.32 Å². The van der Waals surface area contributed by atoms with Crippen LogP contribution in [0, 0.1) is 5.92 Å². The summed E-state index contributed by atoms with van der Waals surface area (Å²) in [5, 5.41) is 3.68. The maximum atomic E-state index is 12.3. The summed E-state index contributed by atoms with van der Waals surface area (Å²) in [6, 6.07) is 4.40. The van der Waals surface area contributed by atoms with Crippen LogP contribution in [0.15, 0.2) is 18.2 Å². The molecule has 2 rings (SSSR count). The van der Waals surface area contributed by atoms with Crippen LogP contribution in [0.25, 0.3) is 0 Å². The predicted octanol–water partition coefficient (Wildman–Crippen LogP) is 3.04. The molecule has 2 amide bonds. The van der Waals surface area contributed by atoms with Gasteiger partial charge in [-0.05, 0) is 30.5 Å². The van der Waals surface area contributed by atoms with Crippen LogP contribution >= 0.6 is 23.2 Å². The Morgan fingerprint density at radius 1 is 1.24 bits per heavy atom. The molecule has 1 aliphatic rings. The fourth-order valence-corrected chi connectivity index (χ4v) is 3.28. The summed E-state index contributed by atoms with van der Waals surface area (Å²) >= 11 is 12.1. The Kier molecular flexibility index (Phi) is 4.79. The summed E-state index contributed by atoms with van der Waals surface area (Å²) in [5.74, 6) is -0.212. The van der Waals surface area contributed by atoms with Crippen molar-refractivity contribution in [3.63, 3.8) is 0 Å². The van der Waals surface area contributed by atoms with Gasteiger partial charge in [0.2, 0.25) is 11.8 Å². The fourth-order valence-electron chi connectivity index (χ4n) is 2.71. The van der Waals surface area contributed by atoms with Gasteiger partial charge in [-0.1, -0.05) is 43.1 Å². The first kappa shape index (κ1) is 16.1. The molecule has 2 unspecified atom stereocenters. The van der Waals surface area contributed by atoms with E-state index in [0.717, 1.165) is 5.56 Å². The number of hydrogen-bond acceptors (Lipinski definition) is 2. The number of piperazine rings is 1. The number of halogens is 2. The first-order chi connectivity index (χ1) is 9.82. The molecule has 0 spiro atoms. The quantitative estimate of drug-likeness (QED) is 0.927. The average Bonchev–Trinajstić information content (AvgIpc) is 2.40. The van der Waals surface area contributed by atoms with Gasteiger partial charge in [0.1, 0.15) is 6.04 Å². The standard InChI is InChI=1S/C15H18Cl2N2O2/c1-8(2)14-15(21)18-7-13(20)19(14)9(3)11-5-4-10(16)6-12(11)17/h4-6,8-9,14H,7H2,1-3H3,(H,18,21). The summed E-state index contributed by atoms with van der Waals surface area (Å²) in [5.41, 5.74) is 0.787. The molecule has 1 aromatic carbocycles. The zero-order valence-electron chi connectivity index (χ0n) is 12.2. The van der Waals surface area contributed by atoms with E-state index < -0.39 is 6.04 Å². The molecule has 21 heavy (non-hydrogen) atoms. The van der Waals surface area contributed by atoms with E-state index in [4.69, 9.17) is 23.2 Å². The summed E-state index contributed by atoms with van der Waals surface area (Å²) < 4.78 is 0. The van der Waals surface area contributed by atoms with Gasteiger partial charge in [0.15, 0.2) is 0 Å². The van der Waals surface area contributed by atoms with Gasteiger partial charge in [-0.25, -0.2) is 0 Å². The second-order valence-electron chi connectivity index (χ2n) is 5.55. The first-order valence-corrected chi connectivity index (χ1v) is 7.62. The SMILES string of the molecule is CC(C)C1C(=O)NCC(=O)N1C(C)c1ccc(Cl)cc1Cl. The number of amides is 2. The first-order valence-electron chi connectivity index (χ1n) is 6.86. The van der Waals surface area contributed by atoms with Gasteiger partial charge in [-0.15, -0.1) is 0 Å². The van der Waals surface area contributed by atoms with Gasteiger partial charge in [0.05, 0.1) is 12.6 Å². The molecule has 114 valence electrons. The molecule has 0 saturated carbocycles. The van der Waals surface area contributed by atoms with E-state index in [-0.39, 0.29) is 30.3 Å². The van der Waals surface area contributed by atoms with Crippen molar-refractivity contribution in [1.82, 2.24) is 10.2 Å². The third-order valence-electron chi connectivity index (χ3n) is 3.73. The summed E-state index contributed by atoms with van der Waals surface area (Å²) in [6.45, 7) is 5.75. The summed E-state index contributed by atoms with van der Waals surface area (Å²) in [4.78, 5) is 26.0. The van der Waals surface area contributed by atoms with E-state index in [9.17, 15) is 9.59 Å². The largest absolute Gasteiger partial charge is 0.345 e. The van der Waals surface area contributed by atoms with E-state index in [0.29, 0.717) is 10.0 Å². The van der Waals surface area contributed by atoms with Crippen molar-refractivity contribution in [2.45, 2.75) is 32.9 Å². The third kappa shape index (κ3) is 3.16. The number of hydrogen-bond donors (Lipinski definition) is 1. The van der Waals surface area contributed by atoms with Crippen molar-refractivity contribution in [2.24, 2.45) is 5.92 Å². The lowest BCUT2D eigenvalue weighted by Crippen LogP contribution is -2.60. The second kappa shape index (κ2) is 6.24. The van der Waals surface area contributed by atoms with E-state index in [1.54, 1.807) is 23.1 Å². The molecular weight excluding hydrogens is 311 g/mol. The van der Waals surface area contributed by atoms with Gasteiger partial charge >= 0.3 is 0 Å². The van der Waals surface area contributed by atoms with E-state index in [1.807, 2.05) is 20.8 Å². The highest BCUT2D eigenvalue weighted by Gasteiger charge is 2.39. The van der Waals surface area contributed by atoms with Crippen molar-refractivity contribution >= 4 is 35.0 Å². The molecule has 1 heterocycles. The van der Waals surface area contributed by atoms with Gasteiger partial charge in [-0.3, -0.25) is 9.59 Å². The molecule has 0 bridgehead atoms. The minimum atomic E-state index is -0.493. The zero-order valence-corrected chi connectivity index (χ0v) is 13.7. The Balaban J connectivity index is 2.40. The molecule has 6 heteroatoms. The second-order valence-corrected chi connectivity index (χ2v) is 6.39. The van der Waals surface area contributed by atoms with E-state index in [1.165, 1.54) is 0 Å². The van der Waals surface area contributed by atoms with E-state index >= 15 is 0 Å². The fraction of sp³-hybridized carbons (Fsp3) is 0.467. The van der Waals surface area contributed by atoms with Gasteiger partial charge in [0, 0.05) is 10.0 Å². The number of carbonyl (C=O) groups is 2. The smallest absolute Gasteiger partial charge is 0.243 e. The predicted molar refractivity (Wildman–Crippen MR) is 83.4 cm³/mol. The van der Waals surface area contributed by atoms with Crippen LogP contribution in [0.3, 0.4) is 0 Å². The van der Waals surface area contributed by atoms with Crippen LogP contribution < -0.4 is 5.32 Å². The van der Waals surface area contributed by atoms with Gasteiger partial charge < -0.3 is 10.2 Å². The Hall–Kier alpha value is -1.26. The number of carbonyl (C=O) groups excluding carboxylic acids is 2. The van der Waals surface area contributed by atoms with Crippen molar-refractivity contribution in [1.29, 1.82) is 0 Å². The Morgan fingerprint density at radius 2 is 1.90 bits per heavy atom. The molecule has 1 aromatic rings. The average molecular weight is 329 g/mol. The zero-order chi connectivity index (χ0) is 15.7. The molecule has 1 saturated heterocycles. The summed E-state index contributed by atoms with van der Waals surface area (Å²) in [6.07, 6.45) is 0. The van der Waals surface area contributed by atoms with Crippen LogP contribution in [-0.2, 0) is 9.59 Å². The van der Waals surface area contributed by atoms with Crippen LogP contribution in [0.1, 0.15) is 32.4 Å². The van der Waals surface area contributed by atoms with Crippen LogP contribution in [0.5, 0.6) is 0 Å². The minimum absolute atomic E-state index is 0.0165. The highest BCUT2D eigenvalue weighted by molar-refractivity contribution is 6.35. The molecule has 0 aliphatic carbocycles. The highest BCUT2D eigenvalue weighted by atomic mass is 35.5. The van der Waals surface area contributed by atoms with Crippen molar-refractivity contribution in [3.8, 4) is 0 Å². The molecule has 0 radical (unpaired) electrons. The minimum Gasteiger partial charge on any atom is -0.345 e. The number of nitrogens with one attached hydrogen (secondary N) is 1. The third-order valence-corrected chi connectivity index (χ3v) is 4.29. The van der Waals surface area contributed by atoms with Crippen LogP contribution in [0.2, 0.25) is 10.0 Å². The number of nitrogens with zero attached hydrogens (tertiary/aromatic N) is 1. The number of benzene rings is 1. The van der Waals surface area contributed by atoms with Gasteiger partial charge in [-0.2, -0.15) is 0 Å². The lowest BCUT2D eigenvalue weighted by Gasteiger charge is -2.41. The molecular formula is C15H18Cl2N2O2.